The minimum atomic E-state index is -1.62. The van der Waals surface area contributed by atoms with E-state index in [4.69, 9.17) is 9.47 Å². The molecule has 0 fully saturated rings. The third-order valence-electron chi connectivity index (χ3n) is 3.58. The van der Waals surface area contributed by atoms with Crippen molar-refractivity contribution in [3.63, 3.8) is 0 Å². The molecule has 1 atom stereocenters. The minimum absolute atomic E-state index is 0.170. The van der Waals surface area contributed by atoms with Crippen LogP contribution in [0.4, 0.5) is 0 Å². The summed E-state index contributed by atoms with van der Waals surface area (Å²) in [4.78, 5) is 24.6. The first-order valence-corrected chi connectivity index (χ1v) is 7.12. The van der Waals surface area contributed by atoms with Gasteiger partial charge in [0.15, 0.2) is 5.78 Å². The highest BCUT2D eigenvalue weighted by atomic mass is 16.6. The highest BCUT2D eigenvalue weighted by Crippen LogP contribution is 2.33. The van der Waals surface area contributed by atoms with Gasteiger partial charge in [0.2, 0.25) is 0 Å². The Bertz CT molecular complexity index is 814. The second-order valence-electron chi connectivity index (χ2n) is 5.13. The molecule has 2 aromatic rings. The van der Waals surface area contributed by atoms with E-state index in [1.165, 1.54) is 7.11 Å². The number of esters is 1. The van der Waals surface area contributed by atoms with Gasteiger partial charge in [0, 0.05) is 5.56 Å². The topological polar surface area (TPSA) is 52.6 Å². The van der Waals surface area contributed by atoms with Crippen molar-refractivity contribution in [2.24, 2.45) is 0 Å². The molecule has 4 nitrogen and oxygen atoms in total. The van der Waals surface area contributed by atoms with Gasteiger partial charge < -0.3 is 9.47 Å². The van der Waals surface area contributed by atoms with Crippen LogP contribution in [0.3, 0.4) is 0 Å². The van der Waals surface area contributed by atoms with E-state index in [1.807, 2.05) is 30.3 Å². The lowest BCUT2D eigenvalue weighted by molar-refractivity contribution is -0.154. The van der Waals surface area contributed by atoms with Crippen molar-refractivity contribution >= 4 is 11.8 Å². The fourth-order valence-corrected chi connectivity index (χ4v) is 2.43. The minimum Gasteiger partial charge on any atom is -0.465 e. The first-order valence-electron chi connectivity index (χ1n) is 7.12. The van der Waals surface area contributed by atoms with Crippen LogP contribution in [0.1, 0.15) is 22.3 Å². The molecule has 0 saturated carbocycles. The van der Waals surface area contributed by atoms with E-state index in [0.717, 1.165) is 5.56 Å². The number of hydrogen-bond donors (Lipinski definition) is 0. The number of methoxy groups -OCH3 is 1. The van der Waals surface area contributed by atoms with E-state index in [2.05, 4.69) is 11.8 Å². The summed E-state index contributed by atoms with van der Waals surface area (Å²) in [7, 11) is 1.25. The van der Waals surface area contributed by atoms with Gasteiger partial charge in [-0.1, -0.05) is 36.3 Å². The van der Waals surface area contributed by atoms with Crippen LogP contribution in [0.25, 0.3) is 0 Å². The third-order valence-corrected chi connectivity index (χ3v) is 3.58. The maximum atomic E-state index is 12.4. The second kappa shape index (κ2) is 5.98. The molecular formula is C19H14O4. The number of benzene rings is 2. The fourth-order valence-electron chi connectivity index (χ4n) is 2.43. The number of carbonyl (C=O) groups excluding carboxylic acids is 2. The first-order chi connectivity index (χ1) is 11.1. The molecule has 23 heavy (non-hydrogen) atoms. The van der Waals surface area contributed by atoms with Gasteiger partial charge in [-0.2, -0.15) is 0 Å². The predicted octanol–water partition coefficient (Wildman–Crippen LogP) is 2.62. The van der Waals surface area contributed by atoms with Crippen LogP contribution in [-0.2, 0) is 9.53 Å². The van der Waals surface area contributed by atoms with Crippen molar-refractivity contribution in [2.75, 3.05) is 7.11 Å². The van der Waals surface area contributed by atoms with Crippen molar-refractivity contribution in [3.8, 4) is 17.6 Å². The average Bonchev–Trinajstić information content (AvgIpc) is 2.60. The van der Waals surface area contributed by atoms with E-state index >= 15 is 0 Å². The third kappa shape index (κ3) is 2.82. The SMILES string of the molecule is COC(=O)C1(C#Cc2ccccc2)CC(=O)c2ccccc2O1. The summed E-state index contributed by atoms with van der Waals surface area (Å²) in [5, 5.41) is 0. The largest absolute Gasteiger partial charge is 0.465 e. The van der Waals surface area contributed by atoms with E-state index in [-0.39, 0.29) is 12.2 Å². The van der Waals surface area contributed by atoms with E-state index in [9.17, 15) is 9.59 Å². The van der Waals surface area contributed by atoms with Crippen LogP contribution in [0, 0.1) is 11.8 Å². The molecule has 0 radical (unpaired) electrons. The fraction of sp³-hybridized carbons (Fsp3) is 0.158. The molecule has 0 bridgehead atoms. The van der Waals surface area contributed by atoms with Crippen molar-refractivity contribution < 1.29 is 19.1 Å². The zero-order chi connectivity index (χ0) is 16.3. The summed E-state index contributed by atoms with van der Waals surface area (Å²) in [6, 6.07) is 16.0. The van der Waals surface area contributed by atoms with Crippen LogP contribution in [0.2, 0.25) is 0 Å². The van der Waals surface area contributed by atoms with Crippen LogP contribution in [-0.4, -0.2) is 24.5 Å². The molecule has 0 saturated heterocycles. The summed E-state index contributed by atoms with van der Waals surface area (Å²) in [5.41, 5.74) is -0.435. The number of fused-ring (bicyclic) bond motifs is 1. The molecule has 1 unspecified atom stereocenters. The lowest BCUT2D eigenvalue weighted by Crippen LogP contribution is -2.48. The smallest absolute Gasteiger partial charge is 0.363 e. The zero-order valence-corrected chi connectivity index (χ0v) is 12.5. The quantitative estimate of drug-likeness (QED) is 0.600. The maximum Gasteiger partial charge on any atom is 0.363 e. The molecule has 0 aliphatic carbocycles. The van der Waals surface area contributed by atoms with Crippen molar-refractivity contribution in [1.82, 2.24) is 0 Å². The Hall–Kier alpha value is -3.06. The Kier molecular flexibility index (Phi) is 3.86. The average molecular weight is 306 g/mol. The molecule has 4 heteroatoms. The number of ketones is 1. The number of Topliss-reactive ketones (excluding diaryl/α,β-unsaturated/α-hetero) is 1. The molecule has 0 N–H and O–H groups in total. The normalized spacial score (nSPS) is 18.9. The van der Waals surface area contributed by atoms with Gasteiger partial charge in [-0.15, -0.1) is 0 Å². The van der Waals surface area contributed by atoms with Gasteiger partial charge in [-0.05, 0) is 30.2 Å². The maximum absolute atomic E-state index is 12.4. The highest BCUT2D eigenvalue weighted by Gasteiger charge is 2.47. The molecule has 0 amide bonds. The van der Waals surface area contributed by atoms with Crippen LogP contribution < -0.4 is 4.74 Å². The van der Waals surface area contributed by atoms with Crippen molar-refractivity contribution in [1.29, 1.82) is 0 Å². The van der Waals surface area contributed by atoms with Crippen LogP contribution >= 0.6 is 0 Å². The van der Waals surface area contributed by atoms with Crippen LogP contribution in [0.15, 0.2) is 54.6 Å². The Morgan fingerprint density at radius 2 is 1.83 bits per heavy atom. The van der Waals surface area contributed by atoms with E-state index < -0.39 is 11.6 Å². The standard InChI is InChI=1S/C19H14O4/c1-22-18(21)19(12-11-14-7-3-2-4-8-14)13-16(20)15-9-5-6-10-17(15)23-19/h2-10H,13H2,1H3. The van der Waals surface area contributed by atoms with Crippen molar-refractivity contribution in [3.05, 3.63) is 65.7 Å². The van der Waals surface area contributed by atoms with E-state index in [0.29, 0.717) is 11.3 Å². The molecule has 1 aliphatic rings. The van der Waals surface area contributed by atoms with Gasteiger partial charge in [0.1, 0.15) is 5.75 Å². The van der Waals surface area contributed by atoms with Gasteiger partial charge in [-0.3, -0.25) is 4.79 Å². The Morgan fingerprint density at radius 1 is 1.13 bits per heavy atom. The van der Waals surface area contributed by atoms with Gasteiger partial charge in [0.25, 0.3) is 5.60 Å². The molecule has 114 valence electrons. The lowest BCUT2D eigenvalue weighted by atomic mass is 9.90. The summed E-state index contributed by atoms with van der Waals surface area (Å²) < 4.78 is 10.6. The number of ether oxygens (including phenoxy) is 2. The van der Waals surface area contributed by atoms with Gasteiger partial charge in [-0.25, -0.2) is 4.79 Å². The molecular weight excluding hydrogens is 292 g/mol. The zero-order valence-electron chi connectivity index (χ0n) is 12.5. The number of carbonyl (C=O) groups is 2. The summed E-state index contributed by atoms with van der Waals surface area (Å²) in [6.45, 7) is 0. The van der Waals surface area contributed by atoms with Crippen molar-refractivity contribution in [2.45, 2.75) is 12.0 Å². The number of hydrogen-bond acceptors (Lipinski definition) is 4. The predicted molar refractivity (Wildman–Crippen MR) is 84.1 cm³/mol. The number of para-hydroxylation sites is 1. The molecule has 2 aromatic carbocycles. The summed E-state index contributed by atoms with van der Waals surface area (Å²) in [5.74, 6) is 5.17. The summed E-state index contributed by atoms with van der Waals surface area (Å²) >= 11 is 0. The van der Waals surface area contributed by atoms with E-state index in [1.54, 1.807) is 24.3 Å². The Balaban J connectivity index is 2.05. The highest BCUT2D eigenvalue weighted by molar-refractivity contribution is 6.05. The van der Waals surface area contributed by atoms with Gasteiger partial charge >= 0.3 is 5.97 Å². The first kappa shape index (κ1) is 14.9. The molecule has 0 spiro atoms. The van der Waals surface area contributed by atoms with Gasteiger partial charge in [0.05, 0.1) is 19.1 Å². The monoisotopic (exact) mass is 306 g/mol. The molecule has 3 rings (SSSR count). The second-order valence-corrected chi connectivity index (χ2v) is 5.13. The Morgan fingerprint density at radius 3 is 2.57 bits per heavy atom. The summed E-state index contributed by atoms with van der Waals surface area (Å²) in [6.07, 6.45) is -0.170. The lowest BCUT2D eigenvalue weighted by Gasteiger charge is -2.31. The molecule has 1 heterocycles. The Labute approximate surface area is 134 Å². The van der Waals surface area contributed by atoms with Crippen LogP contribution in [0.5, 0.6) is 5.75 Å². The number of rotatable bonds is 1. The molecule has 0 aromatic heterocycles. The molecule has 1 aliphatic heterocycles.